The second-order valence-corrected chi connectivity index (χ2v) is 12.8. The first-order valence-electron chi connectivity index (χ1n) is 16.8. The molecule has 2 heterocycles. The zero-order valence-corrected chi connectivity index (χ0v) is 28.9. The van der Waals surface area contributed by atoms with E-state index in [9.17, 15) is 28.8 Å². The Balaban J connectivity index is 1.60. The van der Waals surface area contributed by atoms with Crippen LogP contribution in [0.5, 0.6) is 0 Å². The number of rotatable bonds is 16. The minimum absolute atomic E-state index is 0.111. The molecule has 266 valence electrons. The lowest BCUT2D eigenvalue weighted by Gasteiger charge is -2.30. The second-order valence-electron chi connectivity index (χ2n) is 12.8. The van der Waals surface area contributed by atoms with E-state index in [1.54, 1.807) is 45.2 Å². The molecule has 0 spiro atoms. The smallest absolute Gasteiger partial charge is 0.336 e. The number of aromatic nitrogens is 1. The number of aryl methyl sites for hydroxylation is 1. The van der Waals surface area contributed by atoms with Gasteiger partial charge in [0.2, 0.25) is 23.6 Å². The van der Waals surface area contributed by atoms with Crippen molar-refractivity contribution < 1.29 is 33.5 Å². The normalized spacial score (nSPS) is 14.3. The zero-order valence-electron chi connectivity index (χ0n) is 28.9. The fourth-order valence-electron chi connectivity index (χ4n) is 5.74. The van der Waals surface area contributed by atoms with E-state index in [0.29, 0.717) is 29.5 Å². The molecule has 2 unspecified atom stereocenters. The van der Waals surface area contributed by atoms with Crippen LogP contribution < -0.4 is 26.9 Å². The SMILES string of the molecule is CCC(C)[C@H](NC(=O)CCC(=O)O)C(=O)N[C@H](C(=O)N[C@@H](Cc1c[nH]c2ccccc12)C(=O)Nc1ccc2c(C)cc(=O)oc2c1)C(C)CC. The van der Waals surface area contributed by atoms with Gasteiger partial charge in [-0.05, 0) is 48.1 Å². The number of amides is 4. The monoisotopic (exact) mass is 687 g/mol. The number of benzene rings is 2. The first-order chi connectivity index (χ1) is 23.8. The van der Waals surface area contributed by atoms with Crippen LogP contribution in [-0.4, -0.2) is 57.8 Å². The Bertz CT molecular complexity index is 1930. The third-order valence-corrected chi connectivity index (χ3v) is 9.12. The lowest BCUT2D eigenvalue weighted by atomic mass is 9.94. The second kappa shape index (κ2) is 16.8. The maximum atomic E-state index is 14.0. The van der Waals surface area contributed by atoms with Gasteiger partial charge in [-0.1, -0.05) is 58.7 Å². The van der Waals surface area contributed by atoms with Crippen molar-refractivity contribution in [3.8, 4) is 0 Å². The van der Waals surface area contributed by atoms with E-state index in [-0.39, 0.29) is 31.1 Å². The number of hydrogen-bond donors (Lipinski definition) is 6. The summed E-state index contributed by atoms with van der Waals surface area (Å²) in [7, 11) is 0. The van der Waals surface area contributed by atoms with Crippen LogP contribution in [0.1, 0.15) is 64.5 Å². The van der Waals surface area contributed by atoms with Crippen molar-refractivity contribution in [2.75, 3.05) is 5.32 Å². The van der Waals surface area contributed by atoms with Gasteiger partial charge >= 0.3 is 11.6 Å². The first kappa shape index (κ1) is 37.4. The van der Waals surface area contributed by atoms with Crippen molar-refractivity contribution in [3.63, 3.8) is 0 Å². The van der Waals surface area contributed by atoms with E-state index in [1.807, 2.05) is 38.1 Å². The highest BCUT2D eigenvalue weighted by atomic mass is 16.4. The number of nitrogens with one attached hydrogen (secondary N) is 5. The molecule has 0 fully saturated rings. The molecule has 5 atom stereocenters. The van der Waals surface area contributed by atoms with Crippen LogP contribution in [0.3, 0.4) is 0 Å². The summed E-state index contributed by atoms with van der Waals surface area (Å²) in [6, 6.07) is 10.8. The Morgan fingerprint density at radius 1 is 0.820 bits per heavy atom. The van der Waals surface area contributed by atoms with Gasteiger partial charge in [0.15, 0.2) is 0 Å². The quantitative estimate of drug-likeness (QED) is 0.0943. The Hall–Kier alpha value is -5.46. The maximum Gasteiger partial charge on any atom is 0.336 e. The third kappa shape index (κ3) is 9.36. The molecule has 0 aliphatic carbocycles. The molecule has 0 radical (unpaired) electrons. The van der Waals surface area contributed by atoms with Gasteiger partial charge in [-0.15, -0.1) is 0 Å². The van der Waals surface area contributed by atoms with Crippen molar-refractivity contribution in [2.45, 2.75) is 84.8 Å². The lowest BCUT2D eigenvalue weighted by Crippen LogP contribution is -2.59. The lowest BCUT2D eigenvalue weighted by molar-refractivity contribution is -0.139. The van der Waals surface area contributed by atoms with Crippen LogP contribution in [0.4, 0.5) is 5.69 Å². The molecular formula is C37H45N5O8. The number of H-pyrrole nitrogens is 1. The highest BCUT2D eigenvalue weighted by Gasteiger charge is 2.34. The van der Waals surface area contributed by atoms with E-state index in [0.717, 1.165) is 22.0 Å². The topological polar surface area (TPSA) is 200 Å². The van der Waals surface area contributed by atoms with Crippen LogP contribution in [-0.2, 0) is 30.4 Å². The average molecular weight is 688 g/mol. The van der Waals surface area contributed by atoms with E-state index < -0.39 is 53.3 Å². The number of carboxylic acid groups (broad SMARTS) is 1. The number of carbonyl (C=O) groups is 5. The van der Waals surface area contributed by atoms with Gasteiger partial charge < -0.3 is 35.8 Å². The molecule has 0 aliphatic heterocycles. The molecule has 2 aromatic heterocycles. The van der Waals surface area contributed by atoms with Crippen LogP contribution in [0, 0.1) is 18.8 Å². The number of para-hydroxylation sites is 1. The summed E-state index contributed by atoms with van der Waals surface area (Å²) in [4.78, 5) is 80.3. The summed E-state index contributed by atoms with van der Waals surface area (Å²) in [5.41, 5.74) is 2.51. The first-order valence-corrected chi connectivity index (χ1v) is 16.8. The highest BCUT2D eigenvalue weighted by molar-refractivity contribution is 6.00. The molecule has 0 bridgehead atoms. The van der Waals surface area contributed by atoms with E-state index in [2.05, 4.69) is 26.3 Å². The van der Waals surface area contributed by atoms with Gasteiger partial charge in [-0.3, -0.25) is 24.0 Å². The van der Waals surface area contributed by atoms with Crippen molar-refractivity contribution in [2.24, 2.45) is 11.8 Å². The van der Waals surface area contributed by atoms with Gasteiger partial charge in [0.05, 0.1) is 6.42 Å². The number of hydrogen-bond acceptors (Lipinski definition) is 7. The fraction of sp³-hybridized carbons (Fsp3) is 0.405. The predicted molar refractivity (Wildman–Crippen MR) is 189 cm³/mol. The third-order valence-electron chi connectivity index (χ3n) is 9.12. The number of carbonyl (C=O) groups excluding carboxylic acids is 4. The van der Waals surface area contributed by atoms with Gasteiger partial charge in [0.25, 0.3) is 0 Å². The standard InChI is InChI=1S/C37H45N5O8/c1-6-20(3)33(41-30(43)14-15-31(44)45)37(49)42-34(21(4)7-2)36(48)40-28(17-23-19-38-27-11-9-8-10-26(23)27)35(47)39-24-12-13-25-22(5)16-32(46)50-29(25)18-24/h8-13,16,18-21,28,33-34,38H,6-7,14-15,17H2,1-5H3,(H,39,47)(H,40,48)(H,41,43)(H,42,49)(H,44,45)/t20?,21?,28-,33-,34-/m0/s1. The molecule has 50 heavy (non-hydrogen) atoms. The van der Waals surface area contributed by atoms with Crippen molar-refractivity contribution in [1.82, 2.24) is 20.9 Å². The fourth-order valence-corrected chi connectivity index (χ4v) is 5.74. The summed E-state index contributed by atoms with van der Waals surface area (Å²) in [6.07, 6.45) is 2.26. The van der Waals surface area contributed by atoms with Crippen molar-refractivity contribution in [3.05, 3.63) is 76.3 Å². The highest BCUT2D eigenvalue weighted by Crippen LogP contribution is 2.23. The molecule has 2 aromatic carbocycles. The summed E-state index contributed by atoms with van der Waals surface area (Å²) in [6.45, 7) is 9.09. The summed E-state index contributed by atoms with van der Waals surface area (Å²) in [5, 5.41) is 21.7. The number of aromatic amines is 1. The van der Waals surface area contributed by atoms with Crippen LogP contribution in [0.15, 0.2) is 63.9 Å². The molecular weight excluding hydrogens is 642 g/mol. The molecule has 13 heteroatoms. The zero-order chi connectivity index (χ0) is 36.5. The van der Waals surface area contributed by atoms with E-state index in [4.69, 9.17) is 9.52 Å². The predicted octanol–water partition coefficient (Wildman–Crippen LogP) is 4.18. The number of anilines is 1. The average Bonchev–Trinajstić information content (AvgIpc) is 3.49. The van der Waals surface area contributed by atoms with Gasteiger partial charge in [-0.2, -0.15) is 0 Å². The minimum atomic E-state index is -1.13. The number of aliphatic carboxylic acids is 1. The number of carboxylic acids is 1. The van der Waals surface area contributed by atoms with Crippen molar-refractivity contribution >= 4 is 57.2 Å². The number of fused-ring (bicyclic) bond motifs is 2. The molecule has 6 N–H and O–H groups in total. The van der Waals surface area contributed by atoms with Crippen LogP contribution >= 0.6 is 0 Å². The summed E-state index contributed by atoms with van der Waals surface area (Å²) >= 11 is 0. The van der Waals surface area contributed by atoms with Crippen LogP contribution in [0.2, 0.25) is 0 Å². The van der Waals surface area contributed by atoms with Gasteiger partial charge in [0, 0.05) is 53.1 Å². The molecule has 4 rings (SSSR count). The largest absolute Gasteiger partial charge is 0.481 e. The Morgan fingerprint density at radius 2 is 1.48 bits per heavy atom. The van der Waals surface area contributed by atoms with Crippen molar-refractivity contribution in [1.29, 1.82) is 0 Å². The molecule has 4 amide bonds. The molecule has 0 aliphatic rings. The van der Waals surface area contributed by atoms with Gasteiger partial charge in [-0.25, -0.2) is 4.79 Å². The maximum absolute atomic E-state index is 14.0. The Labute approximate surface area is 289 Å². The summed E-state index contributed by atoms with van der Waals surface area (Å²) < 4.78 is 5.35. The Kier molecular flexibility index (Phi) is 12.5. The van der Waals surface area contributed by atoms with Gasteiger partial charge in [0.1, 0.15) is 23.7 Å². The van der Waals surface area contributed by atoms with E-state index >= 15 is 0 Å². The molecule has 0 saturated heterocycles. The molecule has 0 saturated carbocycles. The minimum Gasteiger partial charge on any atom is -0.481 e. The summed E-state index contributed by atoms with van der Waals surface area (Å²) in [5.74, 6) is -4.11. The van der Waals surface area contributed by atoms with Crippen LogP contribution in [0.25, 0.3) is 21.9 Å². The molecule has 4 aromatic rings. The molecule has 13 nitrogen and oxygen atoms in total. The van der Waals surface area contributed by atoms with E-state index in [1.165, 1.54) is 6.07 Å². The Morgan fingerprint density at radius 3 is 2.16 bits per heavy atom.